The summed E-state index contributed by atoms with van der Waals surface area (Å²) >= 11 is 6.26. The van der Waals surface area contributed by atoms with Crippen molar-refractivity contribution < 1.29 is 4.79 Å². The van der Waals surface area contributed by atoms with Crippen LogP contribution in [0.4, 0.5) is 0 Å². The van der Waals surface area contributed by atoms with Crippen LogP contribution < -0.4 is 10.6 Å². The molecule has 1 aliphatic heterocycles. The van der Waals surface area contributed by atoms with Gasteiger partial charge in [-0.3, -0.25) is 4.79 Å². The number of amides is 1. The summed E-state index contributed by atoms with van der Waals surface area (Å²) in [6.45, 7) is 3.29. The molecule has 0 atom stereocenters. The summed E-state index contributed by atoms with van der Waals surface area (Å²) in [5, 5.41) is 8.10. The van der Waals surface area contributed by atoms with E-state index in [0.29, 0.717) is 17.1 Å². The van der Waals surface area contributed by atoms with Gasteiger partial charge in [0.25, 0.3) is 5.91 Å². The summed E-state index contributed by atoms with van der Waals surface area (Å²) in [5.74, 6) is -0.0630. The Labute approximate surface area is 188 Å². The van der Waals surface area contributed by atoms with Crippen LogP contribution >= 0.6 is 36.4 Å². The lowest BCUT2D eigenvalue weighted by atomic mass is 10.0. The molecule has 4 rings (SSSR count). The van der Waals surface area contributed by atoms with Crippen LogP contribution in [0, 0.1) is 0 Å². The molecule has 29 heavy (non-hydrogen) atoms. The van der Waals surface area contributed by atoms with E-state index in [1.54, 1.807) is 0 Å². The highest BCUT2D eigenvalue weighted by Gasteiger charge is 2.26. The van der Waals surface area contributed by atoms with Gasteiger partial charge >= 0.3 is 0 Å². The predicted molar refractivity (Wildman–Crippen MR) is 125 cm³/mol. The van der Waals surface area contributed by atoms with Gasteiger partial charge in [0.15, 0.2) is 0 Å². The molecule has 2 aromatic carbocycles. The fraction of sp³-hybridized carbons (Fsp3) is 0.286. The van der Waals surface area contributed by atoms with Gasteiger partial charge in [-0.05, 0) is 43.9 Å². The number of rotatable bonds is 6. The zero-order chi connectivity index (χ0) is 19.0. The largest absolute Gasteiger partial charge is 0.355 e. The second kappa shape index (κ2) is 9.83. The van der Waals surface area contributed by atoms with E-state index in [2.05, 4.69) is 58.9 Å². The first-order chi connectivity index (χ1) is 13.0. The standard InChI is InChI=1S/C21H23ClN4O.2ClH/c1-26(2)8-7-23-11-13-3-6-18-14(9-13)10-19(25-18)15-4-5-17(22)16-12-24-21(27)20(15)16;;/h3-6,9-10,23,25H,7-8,11-12H2,1-2H3,(H,24,27);2*1H. The molecule has 1 aromatic heterocycles. The number of aromatic nitrogens is 1. The smallest absolute Gasteiger partial charge is 0.252 e. The molecule has 0 saturated heterocycles. The summed E-state index contributed by atoms with van der Waals surface area (Å²) in [7, 11) is 4.14. The van der Waals surface area contributed by atoms with Gasteiger partial charge < -0.3 is 20.5 Å². The van der Waals surface area contributed by atoms with Crippen LogP contribution in [0.1, 0.15) is 21.5 Å². The Kier molecular flexibility index (Phi) is 7.97. The summed E-state index contributed by atoms with van der Waals surface area (Å²) < 4.78 is 0. The normalized spacial score (nSPS) is 12.5. The lowest BCUT2D eigenvalue weighted by Crippen LogP contribution is -2.26. The van der Waals surface area contributed by atoms with Crippen LogP contribution in [0.15, 0.2) is 36.4 Å². The number of halogens is 3. The Bertz CT molecular complexity index is 1020. The Morgan fingerprint density at radius 3 is 2.69 bits per heavy atom. The molecule has 0 spiro atoms. The van der Waals surface area contributed by atoms with Gasteiger partial charge in [0.1, 0.15) is 0 Å². The van der Waals surface area contributed by atoms with E-state index >= 15 is 0 Å². The molecule has 0 radical (unpaired) electrons. The number of likely N-dealkylation sites (N-methyl/N-ethyl adjacent to an activating group) is 1. The minimum absolute atomic E-state index is 0. The predicted octanol–water partition coefficient (Wildman–Crippen LogP) is 4.23. The molecule has 2 heterocycles. The molecule has 8 heteroatoms. The fourth-order valence-electron chi connectivity index (χ4n) is 3.51. The lowest BCUT2D eigenvalue weighted by molar-refractivity contribution is 0.0966. The number of hydrogen-bond donors (Lipinski definition) is 3. The summed E-state index contributed by atoms with van der Waals surface area (Å²) in [5.41, 5.74) is 5.69. The van der Waals surface area contributed by atoms with Crippen LogP contribution in [0.3, 0.4) is 0 Å². The minimum Gasteiger partial charge on any atom is -0.355 e. The van der Waals surface area contributed by atoms with Gasteiger partial charge in [-0.25, -0.2) is 0 Å². The van der Waals surface area contributed by atoms with E-state index in [9.17, 15) is 4.79 Å². The maximum Gasteiger partial charge on any atom is 0.252 e. The number of H-pyrrole nitrogens is 1. The minimum atomic E-state index is -0.0630. The highest BCUT2D eigenvalue weighted by Crippen LogP contribution is 2.34. The van der Waals surface area contributed by atoms with Crippen LogP contribution in [-0.2, 0) is 13.1 Å². The van der Waals surface area contributed by atoms with Gasteiger partial charge in [0, 0.05) is 58.9 Å². The number of benzene rings is 2. The average Bonchev–Trinajstić information content (AvgIpc) is 3.23. The quantitative estimate of drug-likeness (QED) is 0.488. The summed E-state index contributed by atoms with van der Waals surface area (Å²) in [6.07, 6.45) is 0. The molecule has 1 amide bonds. The van der Waals surface area contributed by atoms with E-state index < -0.39 is 0 Å². The number of aromatic amines is 1. The number of nitrogens with one attached hydrogen (secondary N) is 3. The third kappa shape index (κ3) is 4.87. The molecule has 1 aliphatic rings. The number of hydrogen-bond acceptors (Lipinski definition) is 3. The van der Waals surface area contributed by atoms with Crippen molar-refractivity contribution in [3.8, 4) is 11.3 Å². The number of nitrogens with zero attached hydrogens (tertiary/aromatic N) is 1. The van der Waals surface area contributed by atoms with E-state index in [0.717, 1.165) is 47.4 Å². The molecule has 0 saturated carbocycles. The zero-order valence-corrected chi connectivity index (χ0v) is 18.7. The molecule has 3 aromatic rings. The van der Waals surface area contributed by atoms with E-state index in [1.807, 2.05) is 12.1 Å². The molecular formula is C21H25Cl3N4O. The number of carbonyl (C=O) groups is 1. The van der Waals surface area contributed by atoms with Crippen LogP contribution in [0.25, 0.3) is 22.2 Å². The number of carbonyl (C=O) groups excluding carboxylic acids is 1. The summed E-state index contributed by atoms with van der Waals surface area (Å²) in [6, 6.07) is 12.3. The van der Waals surface area contributed by atoms with Gasteiger partial charge in [-0.2, -0.15) is 0 Å². The number of fused-ring (bicyclic) bond motifs is 2. The monoisotopic (exact) mass is 454 g/mol. The molecular weight excluding hydrogens is 431 g/mol. The average molecular weight is 456 g/mol. The van der Waals surface area contributed by atoms with Crippen LogP contribution in [-0.4, -0.2) is 43.0 Å². The molecule has 0 unspecified atom stereocenters. The molecule has 5 nitrogen and oxygen atoms in total. The maximum atomic E-state index is 12.3. The first-order valence-electron chi connectivity index (χ1n) is 9.10. The molecule has 0 fully saturated rings. The topological polar surface area (TPSA) is 60.2 Å². The van der Waals surface area contributed by atoms with Crippen LogP contribution in [0.5, 0.6) is 0 Å². The zero-order valence-electron chi connectivity index (χ0n) is 16.3. The second-order valence-electron chi connectivity index (χ2n) is 7.22. The van der Waals surface area contributed by atoms with Gasteiger partial charge in [-0.1, -0.05) is 23.7 Å². The van der Waals surface area contributed by atoms with E-state index in [4.69, 9.17) is 11.6 Å². The first-order valence-corrected chi connectivity index (χ1v) is 9.48. The Balaban J connectivity index is 0.00000150. The van der Waals surface area contributed by atoms with Crippen molar-refractivity contribution in [1.82, 2.24) is 20.5 Å². The Hall–Kier alpha value is -1.76. The van der Waals surface area contributed by atoms with Gasteiger partial charge in [-0.15, -0.1) is 24.8 Å². The SMILES string of the molecule is CN(C)CCNCc1ccc2[nH]c(-c3ccc(Cl)c4c3C(=O)NC4)cc2c1.Cl.Cl. The Morgan fingerprint density at radius 2 is 1.93 bits per heavy atom. The first kappa shape index (κ1) is 23.5. The van der Waals surface area contributed by atoms with Crippen molar-refractivity contribution in [1.29, 1.82) is 0 Å². The van der Waals surface area contributed by atoms with E-state index in [1.165, 1.54) is 5.56 Å². The van der Waals surface area contributed by atoms with Crippen molar-refractivity contribution in [3.05, 3.63) is 58.1 Å². The van der Waals surface area contributed by atoms with Crippen molar-refractivity contribution in [3.63, 3.8) is 0 Å². The Morgan fingerprint density at radius 1 is 1.14 bits per heavy atom. The molecule has 0 bridgehead atoms. The second-order valence-corrected chi connectivity index (χ2v) is 7.62. The van der Waals surface area contributed by atoms with Gasteiger partial charge in [0.2, 0.25) is 0 Å². The van der Waals surface area contributed by atoms with E-state index in [-0.39, 0.29) is 30.7 Å². The third-order valence-corrected chi connectivity index (χ3v) is 5.30. The maximum absolute atomic E-state index is 12.3. The third-order valence-electron chi connectivity index (χ3n) is 4.95. The highest BCUT2D eigenvalue weighted by molar-refractivity contribution is 6.32. The highest BCUT2D eigenvalue weighted by atomic mass is 35.5. The van der Waals surface area contributed by atoms with Crippen LogP contribution in [0.2, 0.25) is 5.02 Å². The molecule has 3 N–H and O–H groups in total. The van der Waals surface area contributed by atoms with Crippen molar-refractivity contribution in [2.24, 2.45) is 0 Å². The molecule has 0 aliphatic carbocycles. The van der Waals surface area contributed by atoms with Gasteiger partial charge in [0.05, 0.1) is 5.56 Å². The lowest BCUT2D eigenvalue weighted by Gasteiger charge is -2.10. The van der Waals surface area contributed by atoms with Crippen molar-refractivity contribution in [2.45, 2.75) is 13.1 Å². The van der Waals surface area contributed by atoms with Crippen molar-refractivity contribution >= 4 is 53.2 Å². The summed E-state index contributed by atoms with van der Waals surface area (Å²) in [4.78, 5) is 17.9. The van der Waals surface area contributed by atoms with Crippen molar-refractivity contribution in [2.75, 3.05) is 27.2 Å². The molecule has 156 valence electrons. The fourth-order valence-corrected chi connectivity index (χ4v) is 3.73.